The lowest BCUT2D eigenvalue weighted by Crippen LogP contribution is -1.89. The van der Waals surface area contributed by atoms with Crippen LogP contribution in [-0.2, 0) is 13.7 Å². The molecule has 2 nitrogen and oxygen atoms in total. The molecule has 0 aliphatic carbocycles. The Hall–Kier alpha value is -1.90. The molecule has 3 heteroatoms. The predicted molar refractivity (Wildman–Crippen MR) is 63.0 cm³/mol. The summed E-state index contributed by atoms with van der Waals surface area (Å²) in [5.41, 5.74) is 2.66. The standard InChI is InChI=1S/C13H11FN2/c1-16-12-5-3-2-4-10(12)11-6-9(7-14)8-15-13(11)16/h2-6,8H,7H2,1H3. The van der Waals surface area contributed by atoms with Crippen molar-refractivity contribution < 1.29 is 4.39 Å². The number of rotatable bonds is 1. The van der Waals surface area contributed by atoms with Crippen molar-refractivity contribution in [2.75, 3.05) is 0 Å². The number of hydrogen-bond acceptors (Lipinski definition) is 1. The summed E-state index contributed by atoms with van der Waals surface area (Å²) in [6.07, 6.45) is 1.60. The van der Waals surface area contributed by atoms with Crippen molar-refractivity contribution in [3.8, 4) is 0 Å². The van der Waals surface area contributed by atoms with Gasteiger partial charge in [0.2, 0.25) is 0 Å². The lowest BCUT2D eigenvalue weighted by atomic mass is 10.1. The molecule has 0 saturated carbocycles. The van der Waals surface area contributed by atoms with Crippen molar-refractivity contribution in [1.82, 2.24) is 9.55 Å². The van der Waals surface area contributed by atoms with E-state index in [1.165, 1.54) is 0 Å². The molecule has 16 heavy (non-hydrogen) atoms. The van der Waals surface area contributed by atoms with Gasteiger partial charge in [-0.15, -0.1) is 0 Å². The molecular formula is C13H11FN2. The van der Waals surface area contributed by atoms with Crippen LogP contribution in [0.2, 0.25) is 0 Å². The average molecular weight is 214 g/mol. The Morgan fingerprint density at radius 3 is 2.88 bits per heavy atom. The van der Waals surface area contributed by atoms with E-state index < -0.39 is 6.67 Å². The van der Waals surface area contributed by atoms with E-state index in [1.54, 1.807) is 6.20 Å². The molecule has 0 N–H and O–H groups in total. The van der Waals surface area contributed by atoms with E-state index in [0.717, 1.165) is 21.9 Å². The van der Waals surface area contributed by atoms with Crippen LogP contribution >= 0.6 is 0 Å². The molecule has 80 valence electrons. The fraction of sp³-hybridized carbons (Fsp3) is 0.154. The lowest BCUT2D eigenvalue weighted by Gasteiger charge is -1.97. The maximum Gasteiger partial charge on any atom is 0.140 e. The maximum atomic E-state index is 12.6. The van der Waals surface area contributed by atoms with Crippen LogP contribution in [0.1, 0.15) is 5.56 Å². The van der Waals surface area contributed by atoms with Crippen molar-refractivity contribution >= 4 is 21.9 Å². The van der Waals surface area contributed by atoms with Crippen LogP contribution in [-0.4, -0.2) is 9.55 Å². The molecular weight excluding hydrogens is 203 g/mol. The number of hydrogen-bond donors (Lipinski definition) is 0. The molecule has 2 heterocycles. The van der Waals surface area contributed by atoms with E-state index in [0.29, 0.717) is 5.56 Å². The van der Waals surface area contributed by atoms with Gasteiger partial charge in [0.25, 0.3) is 0 Å². The van der Waals surface area contributed by atoms with Crippen LogP contribution in [0, 0.1) is 0 Å². The van der Waals surface area contributed by atoms with Crippen LogP contribution < -0.4 is 0 Å². The smallest absolute Gasteiger partial charge is 0.140 e. The predicted octanol–water partition coefficient (Wildman–Crippen LogP) is 3.20. The number of fused-ring (bicyclic) bond motifs is 3. The van der Waals surface area contributed by atoms with Gasteiger partial charge < -0.3 is 4.57 Å². The number of aryl methyl sites for hydroxylation is 1. The molecule has 0 unspecified atom stereocenters. The zero-order valence-corrected chi connectivity index (χ0v) is 8.94. The van der Waals surface area contributed by atoms with Crippen molar-refractivity contribution in [3.05, 3.63) is 42.1 Å². The second-order valence-corrected chi connectivity index (χ2v) is 3.92. The molecule has 3 aromatic rings. The topological polar surface area (TPSA) is 17.8 Å². The summed E-state index contributed by atoms with van der Waals surface area (Å²) < 4.78 is 14.6. The van der Waals surface area contributed by atoms with E-state index in [4.69, 9.17) is 0 Å². The first kappa shape index (κ1) is 9.33. The summed E-state index contributed by atoms with van der Waals surface area (Å²) in [6, 6.07) is 9.96. The Kier molecular flexibility index (Phi) is 1.93. The van der Waals surface area contributed by atoms with Gasteiger partial charge in [0.15, 0.2) is 0 Å². The molecule has 0 fully saturated rings. The number of benzene rings is 1. The van der Waals surface area contributed by atoms with Crippen LogP contribution in [0.15, 0.2) is 36.5 Å². The Morgan fingerprint density at radius 2 is 2.06 bits per heavy atom. The largest absolute Gasteiger partial charge is 0.328 e. The number of para-hydroxylation sites is 1. The summed E-state index contributed by atoms with van der Waals surface area (Å²) in [7, 11) is 1.98. The highest BCUT2D eigenvalue weighted by Gasteiger charge is 2.08. The normalized spacial score (nSPS) is 11.4. The summed E-state index contributed by atoms with van der Waals surface area (Å²) >= 11 is 0. The van der Waals surface area contributed by atoms with E-state index in [-0.39, 0.29) is 0 Å². The lowest BCUT2D eigenvalue weighted by molar-refractivity contribution is 0.484. The molecule has 0 amide bonds. The third kappa shape index (κ3) is 1.14. The molecule has 0 aliphatic rings. The van der Waals surface area contributed by atoms with Gasteiger partial charge in [0.05, 0.1) is 5.52 Å². The molecule has 3 rings (SSSR count). The van der Waals surface area contributed by atoms with E-state index in [2.05, 4.69) is 4.98 Å². The molecule has 0 atom stereocenters. The van der Waals surface area contributed by atoms with Crippen molar-refractivity contribution in [2.45, 2.75) is 6.67 Å². The minimum Gasteiger partial charge on any atom is -0.328 e. The van der Waals surface area contributed by atoms with Crippen molar-refractivity contribution in [2.24, 2.45) is 7.05 Å². The van der Waals surface area contributed by atoms with E-state index in [9.17, 15) is 4.39 Å². The van der Waals surface area contributed by atoms with Crippen molar-refractivity contribution in [1.29, 1.82) is 0 Å². The van der Waals surface area contributed by atoms with Gasteiger partial charge in [-0.25, -0.2) is 9.37 Å². The fourth-order valence-electron chi connectivity index (χ4n) is 2.15. The quantitative estimate of drug-likeness (QED) is 0.608. The number of aromatic nitrogens is 2. The zero-order valence-electron chi connectivity index (χ0n) is 8.94. The van der Waals surface area contributed by atoms with Gasteiger partial charge in [0, 0.05) is 29.6 Å². The second-order valence-electron chi connectivity index (χ2n) is 3.92. The molecule has 0 spiro atoms. The van der Waals surface area contributed by atoms with Gasteiger partial charge in [-0.3, -0.25) is 0 Å². The van der Waals surface area contributed by atoms with Gasteiger partial charge in [-0.1, -0.05) is 18.2 Å². The first-order valence-electron chi connectivity index (χ1n) is 5.19. The molecule has 0 saturated heterocycles. The van der Waals surface area contributed by atoms with Crippen LogP contribution in [0.5, 0.6) is 0 Å². The fourth-order valence-corrected chi connectivity index (χ4v) is 2.15. The minimum atomic E-state index is -0.466. The molecule has 0 bridgehead atoms. The maximum absolute atomic E-state index is 12.6. The summed E-state index contributed by atoms with van der Waals surface area (Å²) in [4.78, 5) is 4.31. The molecule has 1 aromatic carbocycles. The van der Waals surface area contributed by atoms with Crippen LogP contribution in [0.25, 0.3) is 21.9 Å². The van der Waals surface area contributed by atoms with Gasteiger partial charge >= 0.3 is 0 Å². The molecule has 0 aliphatic heterocycles. The summed E-state index contributed by atoms with van der Waals surface area (Å²) in [6.45, 7) is -0.466. The first-order chi connectivity index (χ1) is 7.81. The van der Waals surface area contributed by atoms with Gasteiger partial charge in [-0.2, -0.15) is 0 Å². The average Bonchev–Trinajstić information content (AvgIpc) is 2.64. The van der Waals surface area contributed by atoms with Gasteiger partial charge in [-0.05, 0) is 12.1 Å². The first-order valence-corrected chi connectivity index (χ1v) is 5.19. The Morgan fingerprint density at radius 1 is 1.25 bits per heavy atom. The number of nitrogens with zero attached hydrogens (tertiary/aromatic N) is 2. The Balaban J connectivity index is 2.52. The minimum absolute atomic E-state index is 0.466. The highest BCUT2D eigenvalue weighted by Crippen LogP contribution is 2.27. The zero-order chi connectivity index (χ0) is 11.1. The Bertz CT molecular complexity index is 670. The third-order valence-corrected chi connectivity index (χ3v) is 2.95. The highest BCUT2D eigenvalue weighted by atomic mass is 19.1. The molecule has 2 aromatic heterocycles. The summed E-state index contributed by atoms with van der Waals surface area (Å²) in [5, 5.41) is 2.15. The second kappa shape index (κ2) is 3.30. The summed E-state index contributed by atoms with van der Waals surface area (Å²) in [5.74, 6) is 0. The van der Waals surface area contributed by atoms with Crippen LogP contribution in [0.3, 0.4) is 0 Å². The van der Waals surface area contributed by atoms with E-state index >= 15 is 0 Å². The molecule has 0 radical (unpaired) electrons. The third-order valence-electron chi connectivity index (χ3n) is 2.95. The van der Waals surface area contributed by atoms with Crippen LogP contribution in [0.4, 0.5) is 4.39 Å². The number of alkyl halides is 1. The van der Waals surface area contributed by atoms with E-state index in [1.807, 2.05) is 41.9 Å². The Labute approximate surface area is 92.3 Å². The van der Waals surface area contributed by atoms with Crippen molar-refractivity contribution in [3.63, 3.8) is 0 Å². The SMILES string of the molecule is Cn1c2ccccc2c2cc(CF)cnc21. The van der Waals surface area contributed by atoms with Gasteiger partial charge in [0.1, 0.15) is 12.3 Å². The number of halogens is 1. The number of pyridine rings is 1. The monoisotopic (exact) mass is 214 g/mol. The highest BCUT2D eigenvalue weighted by molar-refractivity contribution is 6.06.